The van der Waals surface area contributed by atoms with Gasteiger partial charge in [-0.2, -0.15) is 4.98 Å². The fraction of sp³-hybridized carbons (Fsp3) is 0.765. The number of aliphatic hydroxyl groups excluding tert-OH is 1. The van der Waals surface area contributed by atoms with Gasteiger partial charge in [0.05, 0.1) is 17.8 Å². The van der Waals surface area contributed by atoms with Crippen molar-refractivity contribution in [3.05, 3.63) is 22.7 Å². The van der Waals surface area contributed by atoms with Crippen molar-refractivity contribution >= 4 is 13.6 Å². The fourth-order valence-corrected chi connectivity index (χ4v) is 3.99. The summed E-state index contributed by atoms with van der Waals surface area (Å²) >= 11 is 0. The zero-order chi connectivity index (χ0) is 22.2. The van der Waals surface area contributed by atoms with Gasteiger partial charge >= 0.3 is 13.5 Å². The Balaban J connectivity index is 2.31. The van der Waals surface area contributed by atoms with Gasteiger partial charge in [-0.15, -0.1) is 0 Å². The predicted molar refractivity (Wildman–Crippen MR) is 104 cm³/mol. The lowest BCUT2D eigenvalue weighted by molar-refractivity contribution is -0.101. The van der Waals surface area contributed by atoms with Crippen molar-refractivity contribution in [3.63, 3.8) is 0 Å². The summed E-state index contributed by atoms with van der Waals surface area (Å²) in [5.74, 6) is 0.0117. The highest BCUT2D eigenvalue weighted by molar-refractivity contribution is 7.47. The van der Waals surface area contributed by atoms with Crippen LogP contribution < -0.4 is 11.4 Å². The monoisotopic (exact) mass is 435 g/mol. The highest BCUT2D eigenvalue weighted by Crippen LogP contribution is 2.51. The standard InChI is InChI=1S/C17H30N3O8P/c1-16(2,3)25-9-10-13(27-29(23,24)28-17(4,5)6)12(21)14(26-10)20-8-7-11(18)19-15(20)22/h7-8,10,12-14,21H,9H2,1-6H3,(H,23,24)(H2,18,19,22)/t10-,12?,13?,14-/m1/s1. The molecule has 166 valence electrons. The first-order valence-electron chi connectivity index (χ1n) is 9.12. The number of nitrogens with two attached hydrogens (primary N) is 1. The lowest BCUT2D eigenvalue weighted by Crippen LogP contribution is -2.39. The molecule has 1 saturated heterocycles. The Bertz CT molecular complexity index is 816. The van der Waals surface area contributed by atoms with Gasteiger partial charge in [-0.25, -0.2) is 9.36 Å². The molecule has 0 spiro atoms. The van der Waals surface area contributed by atoms with Crippen molar-refractivity contribution < 1.29 is 33.1 Å². The van der Waals surface area contributed by atoms with Crippen molar-refractivity contribution in [2.75, 3.05) is 12.3 Å². The van der Waals surface area contributed by atoms with Gasteiger partial charge in [-0.3, -0.25) is 13.6 Å². The number of anilines is 1. The molecule has 0 amide bonds. The Morgan fingerprint density at radius 3 is 2.41 bits per heavy atom. The van der Waals surface area contributed by atoms with Gasteiger partial charge in [0.2, 0.25) is 0 Å². The van der Waals surface area contributed by atoms with Crippen molar-refractivity contribution in [2.24, 2.45) is 0 Å². The molecule has 0 aromatic carbocycles. The van der Waals surface area contributed by atoms with Crippen LogP contribution in [-0.4, -0.2) is 55.7 Å². The van der Waals surface area contributed by atoms with Crippen LogP contribution in [0.25, 0.3) is 0 Å². The molecule has 3 unspecified atom stereocenters. The molecule has 1 fully saturated rings. The second-order valence-corrected chi connectivity index (χ2v) is 10.1. The predicted octanol–water partition coefficient (Wildman–Crippen LogP) is 1.20. The van der Waals surface area contributed by atoms with E-state index in [0.29, 0.717) is 0 Å². The van der Waals surface area contributed by atoms with E-state index in [9.17, 15) is 19.4 Å². The lowest BCUT2D eigenvalue weighted by atomic mass is 10.1. The zero-order valence-electron chi connectivity index (χ0n) is 17.4. The Hall–Kier alpha value is -1.33. The van der Waals surface area contributed by atoms with E-state index in [0.717, 1.165) is 4.57 Å². The molecular weight excluding hydrogens is 405 g/mol. The van der Waals surface area contributed by atoms with E-state index < -0.39 is 49.3 Å². The quantitative estimate of drug-likeness (QED) is 0.555. The molecule has 1 aliphatic heterocycles. The average Bonchev–Trinajstić information content (AvgIpc) is 2.78. The number of rotatable bonds is 6. The third-order valence-corrected chi connectivity index (χ3v) is 5.05. The molecule has 1 aliphatic rings. The van der Waals surface area contributed by atoms with Crippen molar-refractivity contribution in [1.29, 1.82) is 0 Å². The molecule has 0 aliphatic carbocycles. The maximum Gasteiger partial charge on any atom is 0.473 e. The third kappa shape index (κ3) is 6.85. The largest absolute Gasteiger partial charge is 0.473 e. The minimum Gasteiger partial charge on any atom is -0.386 e. The molecule has 1 aromatic rings. The van der Waals surface area contributed by atoms with E-state index in [-0.39, 0.29) is 12.4 Å². The highest BCUT2D eigenvalue weighted by atomic mass is 31.2. The van der Waals surface area contributed by atoms with Crippen molar-refractivity contribution in [2.45, 2.75) is 77.3 Å². The van der Waals surface area contributed by atoms with Crippen LogP contribution in [0.4, 0.5) is 5.82 Å². The summed E-state index contributed by atoms with van der Waals surface area (Å²) in [6.45, 7) is 10.2. The van der Waals surface area contributed by atoms with Crippen LogP contribution >= 0.6 is 7.82 Å². The smallest absolute Gasteiger partial charge is 0.386 e. The second-order valence-electron chi connectivity index (χ2n) is 8.76. The van der Waals surface area contributed by atoms with Gasteiger partial charge in [0.15, 0.2) is 6.23 Å². The molecule has 11 nitrogen and oxygen atoms in total. The van der Waals surface area contributed by atoms with Crippen molar-refractivity contribution in [1.82, 2.24) is 9.55 Å². The number of hydrogen-bond acceptors (Lipinski definition) is 9. The fourth-order valence-electron chi connectivity index (χ4n) is 2.69. The zero-order valence-corrected chi connectivity index (χ0v) is 18.3. The summed E-state index contributed by atoms with van der Waals surface area (Å²) in [4.78, 5) is 25.9. The van der Waals surface area contributed by atoms with Crippen LogP contribution in [0, 0.1) is 0 Å². The third-order valence-electron chi connectivity index (χ3n) is 3.76. The molecule has 0 saturated carbocycles. The van der Waals surface area contributed by atoms with Gasteiger partial charge in [-0.1, -0.05) is 0 Å². The summed E-state index contributed by atoms with van der Waals surface area (Å²) in [7, 11) is -4.56. The first-order chi connectivity index (χ1) is 13.1. The van der Waals surface area contributed by atoms with Crippen molar-refractivity contribution in [3.8, 4) is 0 Å². The van der Waals surface area contributed by atoms with Crippen LogP contribution in [0.3, 0.4) is 0 Å². The van der Waals surface area contributed by atoms with Gasteiger partial charge in [0.25, 0.3) is 0 Å². The molecule has 2 heterocycles. The molecule has 4 N–H and O–H groups in total. The first kappa shape index (κ1) is 23.9. The van der Waals surface area contributed by atoms with E-state index in [1.165, 1.54) is 12.3 Å². The summed E-state index contributed by atoms with van der Waals surface area (Å²) in [6.07, 6.45) is -3.64. The Morgan fingerprint density at radius 2 is 1.90 bits per heavy atom. The molecule has 2 rings (SSSR count). The SMILES string of the molecule is CC(C)(C)OC[C@H]1O[C@@H](n2ccc(N)nc2=O)C(O)C1OP(=O)(O)OC(C)(C)C. The number of hydrogen-bond donors (Lipinski definition) is 3. The minimum atomic E-state index is -4.56. The number of aliphatic hydroxyl groups is 1. The van der Waals surface area contributed by atoms with Gasteiger partial charge < -0.3 is 25.2 Å². The van der Waals surface area contributed by atoms with E-state index in [1.54, 1.807) is 20.8 Å². The molecule has 0 bridgehead atoms. The Labute approximate surface area is 169 Å². The molecule has 1 aromatic heterocycles. The maximum atomic E-state index is 12.4. The molecule has 12 heteroatoms. The number of phosphoric ester groups is 1. The van der Waals surface area contributed by atoms with Crippen LogP contribution in [0.2, 0.25) is 0 Å². The van der Waals surface area contributed by atoms with E-state index in [4.69, 9.17) is 24.3 Å². The number of phosphoric acid groups is 1. The molecule has 29 heavy (non-hydrogen) atoms. The summed E-state index contributed by atoms with van der Waals surface area (Å²) in [6, 6.07) is 1.37. The topological polar surface area (TPSA) is 155 Å². The molecule has 5 atom stereocenters. The van der Waals surface area contributed by atoms with Gasteiger partial charge in [0.1, 0.15) is 24.1 Å². The summed E-state index contributed by atoms with van der Waals surface area (Å²) in [5, 5.41) is 10.7. The van der Waals surface area contributed by atoms with Gasteiger partial charge in [0, 0.05) is 6.20 Å². The number of nitrogens with zero attached hydrogens (tertiary/aromatic N) is 2. The van der Waals surface area contributed by atoms with Crippen LogP contribution in [0.1, 0.15) is 47.8 Å². The Kier molecular flexibility index (Phi) is 6.96. The van der Waals surface area contributed by atoms with Crippen LogP contribution in [-0.2, 0) is 23.1 Å². The Morgan fingerprint density at radius 1 is 1.28 bits per heavy atom. The van der Waals surface area contributed by atoms with E-state index in [1.807, 2.05) is 20.8 Å². The highest BCUT2D eigenvalue weighted by Gasteiger charge is 2.50. The number of ether oxygens (including phenoxy) is 2. The normalized spacial score (nSPS) is 27.7. The van der Waals surface area contributed by atoms with Crippen LogP contribution in [0.15, 0.2) is 17.1 Å². The number of nitrogen functional groups attached to an aromatic ring is 1. The molecule has 0 radical (unpaired) electrons. The van der Waals surface area contributed by atoms with E-state index >= 15 is 0 Å². The average molecular weight is 435 g/mol. The first-order valence-corrected chi connectivity index (χ1v) is 10.6. The van der Waals surface area contributed by atoms with E-state index in [2.05, 4.69) is 4.98 Å². The van der Waals surface area contributed by atoms with Crippen LogP contribution in [0.5, 0.6) is 0 Å². The summed E-state index contributed by atoms with van der Waals surface area (Å²) in [5.41, 5.74) is 3.24. The maximum absolute atomic E-state index is 12.4. The van der Waals surface area contributed by atoms with Gasteiger partial charge in [-0.05, 0) is 47.6 Å². The second kappa shape index (κ2) is 8.43. The molecular formula is C17H30N3O8P. The lowest BCUT2D eigenvalue weighted by Gasteiger charge is -2.28. The summed E-state index contributed by atoms with van der Waals surface area (Å²) < 4.78 is 35.3. The number of aromatic nitrogens is 2. The minimum absolute atomic E-state index is 0.0117.